The highest BCUT2D eigenvalue weighted by Gasteiger charge is 2.17. The maximum absolute atomic E-state index is 13.3. The van der Waals surface area contributed by atoms with Gasteiger partial charge in [0, 0.05) is 11.7 Å². The van der Waals surface area contributed by atoms with Crippen LogP contribution in [0.4, 0.5) is 10.1 Å². The highest BCUT2D eigenvalue weighted by atomic mass is 19.1. The summed E-state index contributed by atoms with van der Waals surface area (Å²) >= 11 is 0. The minimum atomic E-state index is -0.141. The van der Waals surface area contributed by atoms with E-state index in [0.29, 0.717) is 6.04 Å². The topological polar surface area (TPSA) is 12.0 Å². The molecule has 1 N–H and O–H groups in total. The molecule has 0 saturated heterocycles. The maximum Gasteiger partial charge on any atom is 0.125 e. The third-order valence-corrected chi connectivity index (χ3v) is 4.08. The molecule has 18 heavy (non-hydrogen) atoms. The van der Waals surface area contributed by atoms with Gasteiger partial charge in [-0.2, -0.15) is 0 Å². The van der Waals surface area contributed by atoms with Crippen LogP contribution in [0, 0.1) is 18.7 Å². The molecule has 1 nitrogen and oxygen atoms in total. The Morgan fingerprint density at radius 1 is 1.17 bits per heavy atom. The van der Waals surface area contributed by atoms with E-state index in [4.69, 9.17) is 0 Å². The van der Waals surface area contributed by atoms with Crippen molar-refractivity contribution in [2.45, 2.75) is 58.4 Å². The second-order valence-corrected chi connectivity index (χ2v) is 5.64. The van der Waals surface area contributed by atoms with Crippen molar-refractivity contribution in [2.75, 3.05) is 5.32 Å². The lowest BCUT2D eigenvalue weighted by Crippen LogP contribution is -2.18. The summed E-state index contributed by atoms with van der Waals surface area (Å²) in [4.78, 5) is 0. The Morgan fingerprint density at radius 3 is 2.72 bits per heavy atom. The van der Waals surface area contributed by atoms with Gasteiger partial charge in [0.15, 0.2) is 0 Å². The van der Waals surface area contributed by atoms with Crippen LogP contribution >= 0.6 is 0 Å². The summed E-state index contributed by atoms with van der Waals surface area (Å²) in [5.41, 5.74) is 1.92. The zero-order chi connectivity index (χ0) is 13.0. The van der Waals surface area contributed by atoms with Gasteiger partial charge < -0.3 is 5.32 Å². The van der Waals surface area contributed by atoms with Crippen LogP contribution in [0.15, 0.2) is 18.2 Å². The monoisotopic (exact) mass is 249 g/mol. The number of anilines is 1. The Bertz CT molecular complexity index is 368. The molecule has 0 aromatic heterocycles. The van der Waals surface area contributed by atoms with E-state index < -0.39 is 0 Å². The Morgan fingerprint density at radius 2 is 2.00 bits per heavy atom. The molecule has 2 rings (SSSR count). The van der Waals surface area contributed by atoms with Crippen molar-refractivity contribution in [3.05, 3.63) is 29.6 Å². The first-order valence-corrected chi connectivity index (χ1v) is 7.21. The summed E-state index contributed by atoms with van der Waals surface area (Å²) < 4.78 is 13.3. The van der Waals surface area contributed by atoms with Crippen LogP contribution in [0.3, 0.4) is 0 Å². The highest BCUT2D eigenvalue weighted by Crippen LogP contribution is 2.27. The summed E-state index contributed by atoms with van der Waals surface area (Å²) in [5.74, 6) is 0.753. The number of aryl methyl sites for hydroxylation is 1. The Kier molecular flexibility index (Phi) is 4.62. The Hall–Kier alpha value is -1.05. The molecule has 1 fully saturated rings. The van der Waals surface area contributed by atoms with Gasteiger partial charge in [-0.25, -0.2) is 4.39 Å². The maximum atomic E-state index is 13.3. The van der Waals surface area contributed by atoms with Crippen LogP contribution in [0.25, 0.3) is 0 Å². The minimum Gasteiger partial charge on any atom is -0.382 e. The van der Waals surface area contributed by atoms with Crippen molar-refractivity contribution in [1.29, 1.82) is 0 Å². The van der Waals surface area contributed by atoms with E-state index in [0.717, 1.165) is 17.2 Å². The van der Waals surface area contributed by atoms with Gasteiger partial charge >= 0.3 is 0 Å². The van der Waals surface area contributed by atoms with Gasteiger partial charge in [0.05, 0.1) is 0 Å². The van der Waals surface area contributed by atoms with E-state index in [2.05, 4.69) is 12.2 Å². The van der Waals surface area contributed by atoms with Gasteiger partial charge in [-0.15, -0.1) is 0 Å². The van der Waals surface area contributed by atoms with Crippen molar-refractivity contribution in [1.82, 2.24) is 0 Å². The van der Waals surface area contributed by atoms with Crippen molar-refractivity contribution >= 4 is 5.69 Å². The number of hydrogen-bond donors (Lipinski definition) is 1. The first-order chi connectivity index (χ1) is 8.67. The lowest BCUT2D eigenvalue weighted by molar-refractivity contribution is 0.444. The predicted octanol–water partition coefficient (Wildman–Crippen LogP) is 4.90. The van der Waals surface area contributed by atoms with E-state index in [1.165, 1.54) is 38.5 Å². The third kappa shape index (κ3) is 3.72. The summed E-state index contributed by atoms with van der Waals surface area (Å²) in [7, 11) is 0. The average molecular weight is 249 g/mol. The molecule has 0 amide bonds. The number of halogens is 1. The van der Waals surface area contributed by atoms with Gasteiger partial charge in [-0.05, 0) is 55.9 Å². The average Bonchev–Trinajstić information content (AvgIpc) is 2.53. The van der Waals surface area contributed by atoms with E-state index in [-0.39, 0.29) is 5.82 Å². The Balaban J connectivity index is 1.96. The molecule has 1 aromatic rings. The van der Waals surface area contributed by atoms with Crippen molar-refractivity contribution in [2.24, 2.45) is 5.92 Å². The van der Waals surface area contributed by atoms with Crippen LogP contribution in [0.1, 0.15) is 51.0 Å². The van der Waals surface area contributed by atoms with Crippen LogP contribution in [0.5, 0.6) is 0 Å². The number of nitrogens with one attached hydrogen (secondary N) is 1. The molecule has 1 saturated carbocycles. The first kappa shape index (κ1) is 13.4. The fraction of sp³-hybridized carbons (Fsp3) is 0.625. The molecule has 1 aliphatic rings. The van der Waals surface area contributed by atoms with Crippen molar-refractivity contribution in [3.63, 3.8) is 0 Å². The largest absolute Gasteiger partial charge is 0.382 e. The standard InChI is InChI=1S/C16H24FN/c1-3-13-5-4-6-15(8-7-13)18-16-10-12(2)9-14(17)11-16/h9-11,13,15,18H,3-8H2,1-2H3. The van der Waals surface area contributed by atoms with Crippen molar-refractivity contribution in [3.8, 4) is 0 Å². The normalized spacial score (nSPS) is 24.6. The van der Waals surface area contributed by atoms with E-state index in [9.17, 15) is 4.39 Å². The van der Waals surface area contributed by atoms with Crippen LogP contribution in [-0.2, 0) is 0 Å². The quantitative estimate of drug-likeness (QED) is 0.751. The van der Waals surface area contributed by atoms with Crippen LogP contribution < -0.4 is 5.32 Å². The predicted molar refractivity (Wildman–Crippen MR) is 75.4 cm³/mol. The SMILES string of the molecule is CCC1CCCC(Nc2cc(C)cc(F)c2)CC1. The molecular formula is C16H24FN. The van der Waals surface area contributed by atoms with Gasteiger partial charge in [-0.3, -0.25) is 0 Å². The fourth-order valence-electron chi connectivity index (χ4n) is 2.99. The fourth-order valence-corrected chi connectivity index (χ4v) is 2.99. The molecule has 1 aromatic carbocycles. The zero-order valence-electron chi connectivity index (χ0n) is 11.5. The summed E-state index contributed by atoms with van der Waals surface area (Å²) in [6.07, 6.45) is 7.69. The molecule has 2 heteroatoms. The van der Waals surface area contributed by atoms with E-state index in [1.54, 1.807) is 12.1 Å². The summed E-state index contributed by atoms with van der Waals surface area (Å²) in [6.45, 7) is 4.23. The second kappa shape index (κ2) is 6.21. The van der Waals surface area contributed by atoms with Crippen molar-refractivity contribution < 1.29 is 4.39 Å². The Labute approximate surface area is 110 Å². The lowest BCUT2D eigenvalue weighted by atomic mass is 9.98. The number of benzene rings is 1. The molecule has 0 radical (unpaired) electrons. The highest BCUT2D eigenvalue weighted by molar-refractivity contribution is 5.46. The molecule has 0 heterocycles. The smallest absolute Gasteiger partial charge is 0.125 e. The first-order valence-electron chi connectivity index (χ1n) is 7.21. The molecule has 1 aliphatic carbocycles. The number of rotatable bonds is 3. The molecule has 0 bridgehead atoms. The summed E-state index contributed by atoms with van der Waals surface area (Å²) in [6, 6.07) is 5.73. The van der Waals surface area contributed by atoms with Gasteiger partial charge in [-0.1, -0.05) is 26.2 Å². The molecular weight excluding hydrogens is 225 g/mol. The molecule has 0 spiro atoms. The molecule has 2 atom stereocenters. The van der Waals surface area contributed by atoms with Gasteiger partial charge in [0.2, 0.25) is 0 Å². The summed E-state index contributed by atoms with van der Waals surface area (Å²) in [5, 5.41) is 3.51. The molecule has 100 valence electrons. The molecule has 2 unspecified atom stereocenters. The van der Waals surface area contributed by atoms with Crippen LogP contribution in [-0.4, -0.2) is 6.04 Å². The van der Waals surface area contributed by atoms with Gasteiger partial charge in [0.1, 0.15) is 5.82 Å². The minimum absolute atomic E-state index is 0.141. The van der Waals surface area contributed by atoms with E-state index in [1.807, 2.05) is 13.0 Å². The zero-order valence-corrected chi connectivity index (χ0v) is 11.5. The molecule has 0 aliphatic heterocycles. The third-order valence-electron chi connectivity index (χ3n) is 4.08. The van der Waals surface area contributed by atoms with Gasteiger partial charge in [0.25, 0.3) is 0 Å². The number of hydrogen-bond acceptors (Lipinski definition) is 1. The van der Waals surface area contributed by atoms with Crippen LogP contribution in [0.2, 0.25) is 0 Å². The lowest BCUT2D eigenvalue weighted by Gasteiger charge is -2.18. The second-order valence-electron chi connectivity index (χ2n) is 5.64. The van der Waals surface area contributed by atoms with E-state index >= 15 is 0 Å².